The molecule has 2 rings (SSSR count). The number of nitrogens with zero attached hydrogens (tertiary/aromatic N) is 1. The Kier molecular flexibility index (Phi) is 3.62. The van der Waals surface area contributed by atoms with E-state index in [9.17, 15) is 4.39 Å². The predicted octanol–water partition coefficient (Wildman–Crippen LogP) is 3.69. The molecule has 2 heteroatoms. The molecule has 0 radical (unpaired) electrons. The van der Waals surface area contributed by atoms with Crippen molar-refractivity contribution in [1.82, 2.24) is 4.90 Å². The third-order valence-corrected chi connectivity index (χ3v) is 2.76. The number of rotatable bonds is 3. The Bertz CT molecular complexity index is 446. The number of hydrogen-bond donors (Lipinski definition) is 0. The zero-order valence-electron chi connectivity index (χ0n) is 10.4. The van der Waals surface area contributed by atoms with E-state index in [-0.39, 0.29) is 5.82 Å². The van der Waals surface area contributed by atoms with E-state index in [1.165, 1.54) is 6.07 Å². The second-order valence-electron chi connectivity index (χ2n) is 4.79. The third kappa shape index (κ3) is 2.96. The minimum Gasteiger partial charge on any atom is -0.367 e. The number of halogens is 1. The maximum Gasteiger partial charge on any atom is 0.123 e. The normalized spacial score (nSPS) is 15.3. The number of benzene rings is 1. The van der Waals surface area contributed by atoms with Crippen molar-refractivity contribution < 1.29 is 4.39 Å². The predicted molar refractivity (Wildman–Crippen MR) is 69.9 cm³/mol. The zero-order chi connectivity index (χ0) is 12.3. The van der Waals surface area contributed by atoms with E-state index < -0.39 is 0 Å². The summed E-state index contributed by atoms with van der Waals surface area (Å²) in [5.41, 5.74) is 2.07. The van der Waals surface area contributed by atoms with Crippen molar-refractivity contribution in [3.63, 3.8) is 0 Å². The smallest absolute Gasteiger partial charge is 0.123 e. The van der Waals surface area contributed by atoms with Crippen molar-refractivity contribution in [2.24, 2.45) is 5.92 Å². The summed E-state index contributed by atoms with van der Waals surface area (Å²) in [6, 6.07) is 6.80. The first-order valence-corrected chi connectivity index (χ1v) is 6.04. The molecule has 0 atom stereocenters. The second kappa shape index (κ2) is 5.17. The Morgan fingerprint density at radius 1 is 1.35 bits per heavy atom. The van der Waals surface area contributed by atoms with Crippen molar-refractivity contribution in [3.05, 3.63) is 53.9 Å². The summed E-state index contributed by atoms with van der Waals surface area (Å²) in [6.45, 7) is 6.29. The third-order valence-electron chi connectivity index (χ3n) is 2.76. The average molecular weight is 231 g/mol. The Balaban J connectivity index is 2.27. The highest BCUT2D eigenvalue weighted by Crippen LogP contribution is 2.23. The molecule has 0 bridgehead atoms. The first kappa shape index (κ1) is 11.9. The van der Waals surface area contributed by atoms with E-state index in [1.54, 1.807) is 12.1 Å². The van der Waals surface area contributed by atoms with E-state index in [0.29, 0.717) is 5.92 Å². The lowest BCUT2D eigenvalue weighted by atomic mass is 10.1. The molecule has 1 aliphatic heterocycles. The van der Waals surface area contributed by atoms with E-state index >= 15 is 0 Å². The monoisotopic (exact) mass is 231 g/mol. The van der Waals surface area contributed by atoms with Crippen LogP contribution in [0.25, 0.3) is 5.70 Å². The van der Waals surface area contributed by atoms with Crippen LogP contribution in [0, 0.1) is 11.7 Å². The molecule has 1 aromatic carbocycles. The summed E-state index contributed by atoms with van der Waals surface area (Å²) in [6.07, 6.45) is 6.23. The molecule has 90 valence electrons. The standard InChI is InChI=1S/C15H18FN/c1-12(2)11-17-9-4-3-8-15(17)13-6-5-7-14(16)10-13/h3-8,10,12H,9,11H2,1-2H3. The van der Waals surface area contributed by atoms with Gasteiger partial charge in [-0.25, -0.2) is 4.39 Å². The van der Waals surface area contributed by atoms with Gasteiger partial charge in [0.15, 0.2) is 0 Å². The van der Waals surface area contributed by atoms with Gasteiger partial charge in [0, 0.05) is 24.4 Å². The van der Waals surface area contributed by atoms with Crippen LogP contribution in [-0.4, -0.2) is 18.0 Å². The molecule has 0 N–H and O–H groups in total. The Hall–Kier alpha value is -1.57. The van der Waals surface area contributed by atoms with Crippen molar-refractivity contribution in [2.75, 3.05) is 13.1 Å². The van der Waals surface area contributed by atoms with Gasteiger partial charge < -0.3 is 4.90 Å². The molecular weight excluding hydrogens is 213 g/mol. The zero-order valence-corrected chi connectivity index (χ0v) is 10.4. The summed E-state index contributed by atoms with van der Waals surface area (Å²) in [5.74, 6) is 0.418. The van der Waals surface area contributed by atoms with Crippen molar-refractivity contribution in [1.29, 1.82) is 0 Å². The van der Waals surface area contributed by atoms with Crippen LogP contribution in [0.15, 0.2) is 42.5 Å². The molecule has 1 aromatic rings. The fourth-order valence-electron chi connectivity index (χ4n) is 2.09. The van der Waals surface area contributed by atoms with Gasteiger partial charge in [0.05, 0.1) is 0 Å². The first-order valence-electron chi connectivity index (χ1n) is 6.04. The van der Waals surface area contributed by atoms with Gasteiger partial charge in [0.2, 0.25) is 0 Å². The molecule has 0 saturated carbocycles. The quantitative estimate of drug-likeness (QED) is 0.766. The van der Waals surface area contributed by atoms with Crippen molar-refractivity contribution in [2.45, 2.75) is 13.8 Å². The van der Waals surface area contributed by atoms with Gasteiger partial charge in [0.25, 0.3) is 0 Å². The molecule has 0 aromatic heterocycles. The van der Waals surface area contributed by atoms with Crippen LogP contribution in [0.4, 0.5) is 4.39 Å². The molecule has 1 aliphatic rings. The number of hydrogen-bond acceptors (Lipinski definition) is 1. The van der Waals surface area contributed by atoms with E-state index in [2.05, 4.69) is 30.9 Å². The van der Waals surface area contributed by atoms with Crippen LogP contribution in [0.3, 0.4) is 0 Å². The Labute approximate surface area is 102 Å². The highest BCUT2D eigenvalue weighted by atomic mass is 19.1. The molecule has 1 nitrogen and oxygen atoms in total. The summed E-state index contributed by atoms with van der Waals surface area (Å²) < 4.78 is 13.2. The first-order chi connectivity index (χ1) is 8.16. The molecule has 0 unspecified atom stereocenters. The van der Waals surface area contributed by atoms with Crippen LogP contribution >= 0.6 is 0 Å². The molecular formula is C15H18FN. The maximum absolute atomic E-state index is 13.2. The highest BCUT2D eigenvalue weighted by Gasteiger charge is 2.14. The number of allylic oxidation sites excluding steroid dienone is 2. The van der Waals surface area contributed by atoms with Gasteiger partial charge in [-0.3, -0.25) is 0 Å². The highest BCUT2D eigenvalue weighted by molar-refractivity contribution is 5.66. The van der Waals surface area contributed by atoms with Gasteiger partial charge in [-0.15, -0.1) is 0 Å². The van der Waals surface area contributed by atoms with Crippen LogP contribution in [0.1, 0.15) is 19.4 Å². The maximum atomic E-state index is 13.2. The molecule has 1 heterocycles. The van der Waals surface area contributed by atoms with Gasteiger partial charge in [-0.05, 0) is 24.1 Å². The molecule has 0 aliphatic carbocycles. The molecule has 0 amide bonds. The summed E-state index contributed by atoms with van der Waals surface area (Å²) in [7, 11) is 0. The topological polar surface area (TPSA) is 3.24 Å². The average Bonchev–Trinajstić information content (AvgIpc) is 2.29. The SMILES string of the molecule is CC(C)CN1CC=CC=C1c1cccc(F)c1. The summed E-state index contributed by atoms with van der Waals surface area (Å²) in [5, 5.41) is 0. The fraction of sp³-hybridized carbons (Fsp3) is 0.333. The molecule has 0 spiro atoms. The van der Waals surface area contributed by atoms with Gasteiger partial charge >= 0.3 is 0 Å². The van der Waals surface area contributed by atoms with Crippen LogP contribution in [0.2, 0.25) is 0 Å². The fourth-order valence-corrected chi connectivity index (χ4v) is 2.09. The lowest BCUT2D eigenvalue weighted by Gasteiger charge is -2.30. The summed E-state index contributed by atoms with van der Waals surface area (Å²) in [4.78, 5) is 2.29. The van der Waals surface area contributed by atoms with E-state index in [0.717, 1.165) is 24.4 Å². The molecule has 0 saturated heterocycles. The van der Waals surface area contributed by atoms with Gasteiger partial charge in [-0.1, -0.05) is 38.1 Å². The Morgan fingerprint density at radius 2 is 2.18 bits per heavy atom. The minimum atomic E-state index is -0.178. The summed E-state index contributed by atoms with van der Waals surface area (Å²) >= 11 is 0. The lowest BCUT2D eigenvalue weighted by molar-refractivity contribution is 0.375. The van der Waals surface area contributed by atoms with Crippen LogP contribution in [-0.2, 0) is 0 Å². The molecule has 0 fully saturated rings. The largest absolute Gasteiger partial charge is 0.367 e. The lowest BCUT2D eigenvalue weighted by Crippen LogP contribution is -2.28. The van der Waals surface area contributed by atoms with Gasteiger partial charge in [0.1, 0.15) is 5.82 Å². The van der Waals surface area contributed by atoms with Crippen LogP contribution < -0.4 is 0 Å². The second-order valence-corrected chi connectivity index (χ2v) is 4.79. The van der Waals surface area contributed by atoms with E-state index in [4.69, 9.17) is 0 Å². The van der Waals surface area contributed by atoms with Crippen molar-refractivity contribution >= 4 is 5.70 Å². The minimum absolute atomic E-state index is 0.178. The molecule has 17 heavy (non-hydrogen) atoms. The van der Waals surface area contributed by atoms with E-state index in [1.807, 2.05) is 12.1 Å². The van der Waals surface area contributed by atoms with Crippen molar-refractivity contribution in [3.8, 4) is 0 Å². The van der Waals surface area contributed by atoms with Gasteiger partial charge in [-0.2, -0.15) is 0 Å². The van der Waals surface area contributed by atoms with Crippen LogP contribution in [0.5, 0.6) is 0 Å². The Morgan fingerprint density at radius 3 is 2.88 bits per heavy atom.